The van der Waals surface area contributed by atoms with Gasteiger partial charge in [0.2, 0.25) is 6.79 Å². The van der Waals surface area contributed by atoms with E-state index in [9.17, 15) is 4.79 Å². The van der Waals surface area contributed by atoms with Crippen LogP contribution in [0.25, 0.3) is 10.2 Å². The number of fused-ring (bicyclic) bond motifs is 2. The Hall–Kier alpha value is -2.54. The van der Waals surface area contributed by atoms with E-state index in [0.29, 0.717) is 11.4 Å². The first-order valence-corrected chi connectivity index (χ1v) is 8.03. The van der Waals surface area contributed by atoms with Crippen molar-refractivity contribution in [3.63, 3.8) is 0 Å². The summed E-state index contributed by atoms with van der Waals surface area (Å²) < 4.78 is 12.4. The van der Waals surface area contributed by atoms with E-state index in [1.54, 1.807) is 0 Å². The summed E-state index contributed by atoms with van der Waals surface area (Å²) in [5, 5.41) is 8.32. The van der Waals surface area contributed by atoms with Crippen molar-refractivity contribution in [3.8, 4) is 11.5 Å². The molecule has 1 aliphatic rings. The fraction of sp³-hybridized carbons (Fsp3) is 0.250. The number of carbonyl (C=O) groups is 1. The van der Waals surface area contributed by atoms with Crippen LogP contribution in [0.4, 0.5) is 0 Å². The van der Waals surface area contributed by atoms with E-state index in [-0.39, 0.29) is 12.7 Å². The smallest absolute Gasteiger partial charge is 0.261 e. The molecule has 3 aromatic rings. The summed E-state index contributed by atoms with van der Waals surface area (Å²) in [5.41, 5.74) is 1.91. The van der Waals surface area contributed by atoms with E-state index in [4.69, 9.17) is 9.47 Å². The average molecular weight is 329 g/mol. The minimum absolute atomic E-state index is 0.0803. The Morgan fingerprint density at radius 2 is 2.17 bits per heavy atom. The van der Waals surface area contributed by atoms with Gasteiger partial charge in [-0.25, -0.2) is 0 Å². The van der Waals surface area contributed by atoms with Crippen LogP contribution in [0.15, 0.2) is 24.3 Å². The van der Waals surface area contributed by atoms with E-state index in [1.165, 1.54) is 11.3 Å². The number of thiophene rings is 1. The molecule has 0 saturated heterocycles. The third-order valence-electron chi connectivity index (χ3n) is 3.81. The monoisotopic (exact) mass is 329 g/mol. The average Bonchev–Trinajstić information content (AvgIpc) is 3.23. The molecule has 0 saturated carbocycles. The van der Waals surface area contributed by atoms with Gasteiger partial charge in [0.15, 0.2) is 11.5 Å². The summed E-state index contributed by atoms with van der Waals surface area (Å²) in [5.74, 6) is 1.39. The molecule has 0 spiro atoms. The van der Waals surface area contributed by atoms with Gasteiger partial charge in [-0.05, 0) is 30.7 Å². The number of carbonyl (C=O) groups excluding carboxylic acids is 1. The van der Waals surface area contributed by atoms with E-state index >= 15 is 0 Å². The standard InChI is InChI=1S/C16H15N3O3S/c1-9-11-6-14(23-16(11)19(2)18-9)15(20)17-7-10-3-4-12-13(5-10)22-8-21-12/h3-6H,7-8H2,1-2H3,(H,17,20). The zero-order valence-electron chi connectivity index (χ0n) is 12.8. The van der Waals surface area contributed by atoms with Gasteiger partial charge in [0.1, 0.15) is 4.83 Å². The molecule has 1 amide bonds. The highest BCUT2D eigenvalue weighted by Crippen LogP contribution is 2.32. The molecule has 3 heterocycles. The lowest BCUT2D eigenvalue weighted by molar-refractivity contribution is 0.0955. The Bertz CT molecular complexity index is 878. The fourth-order valence-electron chi connectivity index (χ4n) is 2.64. The summed E-state index contributed by atoms with van der Waals surface area (Å²) in [6, 6.07) is 7.57. The summed E-state index contributed by atoms with van der Waals surface area (Å²) in [6.45, 7) is 2.64. The number of aryl methyl sites for hydroxylation is 2. The van der Waals surface area contributed by atoms with Crippen molar-refractivity contribution in [2.45, 2.75) is 13.5 Å². The Balaban J connectivity index is 1.49. The first kappa shape index (κ1) is 14.1. The number of ether oxygens (including phenoxy) is 2. The highest BCUT2D eigenvalue weighted by molar-refractivity contribution is 7.20. The quantitative estimate of drug-likeness (QED) is 0.802. The molecule has 1 aliphatic heterocycles. The molecule has 0 unspecified atom stereocenters. The van der Waals surface area contributed by atoms with E-state index in [1.807, 2.05) is 42.9 Å². The molecule has 23 heavy (non-hydrogen) atoms. The molecule has 1 N–H and O–H groups in total. The predicted molar refractivity (Wildman–Crippen MR) is 87.1 cm³/mol. The van der Waals surface area contributed by atoms with Gasteiger partial charge in [0.25, 0.3) is 5.91 Å². The molecule has 0 atom stereocenters. The van der Waals surface area contributed by atoms with Crippen LogP contribution in [-0.4, -0.2) is 22.5 Å². The molecule has 4 rings (SSSR count). The van der Waals surface area contributed by atoms with Crippen LogP contribution in [0, 0.1) is 6.92 Å². The van der Waals surface area contributed by atoms with Crippen molar-refractivity contribution >= 4 is 27.5 Å². The summed E-state index contributed by atoms with van der Waals surface area (Å²) in [7, 11) is 1.89. The van der Waals surface area contributed by atoms with Gasteiger partial charge in [-0.2, -0.15) is 5.10 Å². The number of amides is 1. The fourth-order valence-corrected chi connectivity index (χ4v) is 3.68. The van der Waals surface area contributed by atoms with Crippen molar-refractivity contribution in [2.75, 3.05) is 6.79 Å². The molecule has 6 nitrogen and oxygen atoms in total. The normalized spacial score (nSPS) is 12.8. The van der Waals surface area contributed by atoms with Crippen LogP contribution < -0.4 is 14.8 Å². The molecule has 0 fully saturated rings. The van der Waals surface area contributed by atoms with Gasteiger partial charge in [0, 0.05) is 19.0 Å². The topological polar surface area (TPSA) is 65.4 Å². The maximum absolute atomic E-state index is 12.4. The Labute approximate surface area is 136 Å². The minimum atomic E-state index is -0.0803. The predicted octanol–water partition coefficient (Wildman–Crippen LogP) is 2.60. The maximum atomic E-state index is 12.4. The molecular weight excluding hydrogens is 314 g/mol. The summed E-state index contributed by atoms with van der Waals surface area (Å²) in [4.78, 5) is 14.1. The van der Waals surface area contributed by atoms with E-state index in [0.717, 1.165) is 33.0 Å². The van der Waals surface area contributed by atoms with Crippen LogP contribution in [0.3, 0.4) is 0 Å². The molecular formula is C16H15N3O3S. The number of aromatic nitrogens is 2. The lowest BCUT2D eigenvalue weighted by Gasteiger charge is -2.05. The SMILES string of the molecule is Cc1nn(C)c2sc(C(=O)NCc3ccc4c(c3)OCO4)cc12. The van der Waals surface area contributed by atoms with E-state index < -0.39 is 0 Å². The van der Waals surface area contributed by atoms with Crippen molar-refractivity contribution in [3.05, 3.63) is 40.4 Å². The van der Waals surface area contributed by atoms with Crippen molar-refractivity contribution < 1.29 is 14.3 Å². The Kier molecular flexibility index (Phi) is 3.23. The first-order chi connectivity index (χ1) is 11.1. The van der Waals surface area contributed by atoms with Gasteiger partial charge in [0.05, 0.1) is 10.6 Å². The number of nitrogens with zero attached hydrogens (tertiary/aromatic N) is 2. The second-order valence-electron chi connectivity index (χ2n) is 5.41. The van der Waals surface area contributed by atoms with Gasteiger partial charge in [-0.1, -0.05) is 6.07 Å². The van der Waals surface area contributed by atoms with Crippen LogP contribution >= 0.6 is 11.3 Å². The number of rotatable bonds is 3. The second-order valence-corrected chi connectivity index (χ2v) is 6.44. The van der Waals surface area contributed by atoms with Crippen molar-refractivity contribution in [1.29, 1.82) is 0 Å². The zero-order valence-corrected chi connectivity index (χ0v) is 13.6. The first-order valence-electron chi connectivity index (χ1n) is 7.21. The summed E-state index contributed by atoms with van der Waals surface area (Å²) in [6.07, 6.45) is 0. The molecule has 0 aliphatic carbocycles. The van der Waals surface area contributed by atoms with Crippen LogP contribution in [0.2, 0.25) is 0 Å². The molecule has 2 aromatic heterocycles. The molecule has 118 valence electrons. The lowest BCUT2D eigenvalue weighted by Crippen LogP contribution is -2.21. The number of nitrogens with one attached hydrogen (secondary N) is 1. The molecule has 1 aromatic carbocycles. The van der Waals surface area contributed by atoms with E-state index in [2.05, 4.69) is 10.4 Å². The number of benzene rings is 1. The van der Waals surface area contributed by atoms with Gasteiger partial charge >= 0.3 is 0 Å². The Morgan fingerprint density at radius 3 is 3.00 bits per heavy atom. The highest BCUT2D eigenvalue weighted by atomic mass is 32.1. The van der Waals surface area contributed by atoms with Crippen molar-refractivity contribution in [2.24, 2.45) is 7.05 Å². The minimum Gasteiger partial charge on any atom is -0.454 e. The lowest BCUT2D eigenvalue weighted by atomic mass is 10.2. The second kappa shape index (κ2) is 5.27. The van der Waals surface area contributed by atoms with Gasteiger partial charge < -0.3 is 14.8 Å². The van der Waals surface area contributed by atoms with Crippen LogP contribution in [-0.2, 0) is 13.6 Å². The zero-order chi connectivity index (χ0) is 16.0. The Morgan fingerprint density at radius 1 is 1.35 bits per heavy atom. The van der Waals surface area contributed by atoms with Gasteiger partial charge in [-0.3, -0.25) is 9.48 Å². The number of hydrogen-bond donors (Lipinski definition) is 1. The number of hydrogen-bond acceptors (Lipinski definition) is 5. The van der Waals surface area contributed by atoms with Gasteiger partial charge in [-0.15, -0.1) is 11.3 Å². The van der Waals surface area contributed by atoms with Crippen LogP contribution in [0.5, 0.6) is 11.5 Å². The third kappa shape index (κ3) is 2.43. The molecule has 7 heteroatoms. The molecule has 0 bridgehead atoms. The van der Waals surface area contributed by atoms with Crippen LogP contribution in [0.1, 0.15) is 20.9 Å². The van der Waals surface area contributed by atoms with Crippen molar-refractivity contribution in [1.82, 2.24) is 15.1 Å². The maximum Gasteiger partial charge on any atom is 0.261 e. The summed E-state index contributed by atoms with van der Waals surface area (Å²) >= 11 is 1.45. The highest BCUT2D eigenvalue weighted by Gasteiger charge is 2.16. The largest absolute Gasteiger partial charge is 0.454 e. The molecule has 0 radical (unpaired) electrons. The third-order valence-corrected chi connectivity index (χ3v) is 5.01.